The summed E-state index contributed by atoms with van der Waals surface area (Å²) in [6.07, 6.45) is -0.953. The largest absolute Gasteiger partial charge is 0.351 e. The molecule has 1 saturated heterocycles. The van der Waals surface area contributed by atoms with Crippen molar-refractivity contribution in [3.8, 4) is 0 Å². The Morgan fingerprint density at radius 3 is 2.50 bits per heavy atom. The van der Waals surface area contributed by atoms with E-state index >= 15 is 0 Å². The minimum Gasteiger partial charge on any atom is -0.351 e. The average Bonchev–Trinajstić information content (AvgIpc) is 2.76. The summed E-state index contributed by atoms with van der Waals surface area (Å²) >= 11 is 1.13. The van der Waals surface area contributed by atoms with Gasteiger partial charge in [-0.1, -0.05) is 29.8 Å². The zero-order chi connectivity index (χ0) is 23.3. The van der Waals surface area contributed by atoms with Gasteiger partial charge in [0.05, 0.1) is 11.9 Å². The SMILES string of the molecule is Cc1ccc(CNC(=O)CSC2NC(=O)C(NC(=O)c3ccc(F)c(F)c3)C(N)N2)cc1. The van der Waals surface area contributed by atoms with E-state index in [1.165, 1.54) is 0 Å². The summed E-state index contributed by atoms with van der Waals surface area (Å²) in [6.45, 7) is 2.37. The summed E-state index contributed by atoms with van der Waals surface area (Å²) in [6, 6.07) is 9.29. The number of halogens is 2. The molecule has 0 aromatic heterocycles. The summed E-state index contributed by atoms with van der Waals surface area (Å²) in [7, 11) is 0. The summed E-state index contributed by atoms with van der Waals surface area (Å²) in [4.78, 5) is 36.7. The molecule has 1 aliphatic rings. The maximum absolute atomic E-state index is 13.3. The van der Waals surface area contributed by atoms with Crippen molar-refractivity contribution < 1.29 is 23.2 Å². The maximum Gasteiger partial charge on any atom is 0.252 e. The zero-order valence-electron chi connectivity index (χ0n) is 17.2. The predicted octanol–water partition coefficient (Wildman–Crippen LogP) is 0.709. The van der Waals surface area contributed by atoms with Gasteiger partial charge in [0.25, 0.3) is 5.91 Å². The first-order valence-corrected chi connectivity index (χ1v) is 10.8. The number of hydrogen-bond acceptors (Lipinski definition) is 6. The third-order valence-corrected chi connectivity index (χ3v) is 5.73. The molecular weight excluding hydrogens is 440 g/mol. The Bertz CT molecular complexity index is 1010. The highest BCUT2D eigenvalue weighted by Crippen LogP contribution is 2.13. The summed E-state index contributed by atoms with van der Waals surface area (Å²) < 4.78 is 26.4. The second-order valence-corrected chi connectivity index (χ2v) is 8.33. The molecule has 0 radical (unpaired) electrons. The molecule has 32 heavy (non-hydrogen) atoms. The lowest BCUT2D eigenvalue weighted by atomic mass is 10.1. The summed E-state index contributed by atoms with van der Waals surface area (Å²) in [5.74, 6) is -3.74. The second-order valence-electron chi connectivity index (χ2n) is 7.23. The molecule has 1 aliphatic heterocycles. The predicted molar refractivity (Wildman–Crippen MR) is 116 cm³/mol. The van der Waals surface area contributed by atoms with Crippen LogP contribution in [0.1, 0.15) is 21.5 Å². The van der Waals surface area contributed by atoms with E-state index in [4.69, 9.17) is 5.73 Å². The van der Waals surface area contributed by atoms with Crippen molar-refractivity contribution in [2.24, 2.45) is 5.73 Å². The molecule has 6 N–H and O–H groups in total. The lowest BCUT2D eigenvalue weighted by Crippen LogP contribution is -2.70. The molecule has 1 heterocycles. The molecule has 0 spiro atoms. The minimum atomic E-state index is -1.18. The zero-order valence-corrected chi connectivity index (χ0v) is 18.0. The van der Waals surface area contributed by atoms with E-state index in [1.807, 2.05) is 31.2 Å². The van der Waals surface area contributed by atoms with Crippen LogP contribution in [0.4, 0.5) is 8.78 Å². The first-order chi connectivity index (χ1) is 15.2. The highest BCUT2D eigenvalue weighted by atomic mass is 32.2. The maximum atomic E-state index is 13.3. The smallest absolute Gasteiger partial charge is 0.252 e. The molecule has 1 fully saturated rings. The van der Waals surface area contributed by atoms with Crippen LogP contribution in [0.25, 0.3) is 0 Å². The van der Waals surface area contributed by atoms with E-state index in [0.717, 1.165) is 41.1 Å². The van der Waals surface area contributed by atoms with Crippen molar-refractivity contribution >= 4 is 29.5 Å². The Kier molecular flexibility index (Phi) is 7.78. The van der Waals surface area contributed by atoms with Crippen LogP contribution in [0.2, 0.25) is 0 Å². The highest BCUT2D eigenvalue weighted by molar-refractivity contribution is 8.00. The van der Waals surface area contributed by atoms with E-state index in [-0.39, 0.29) is 17.2 Å². The van der Waals surface area contributed by atoms with Gasteiger partial charge in [-0.3, -0.25) is 19.7 Å². The molecule has 3 unspecified atom stereocenters. The Morgan fingerprint density at radius 2 is 1.84 bits per heavy atom. The molecule has 2 aromatic rings. The minimum absolute atomic E-state index is 0.0718. The van der Waals surface area contributed by atoms with Gasteiger partial charge in [-0.25, -0.2) is 8.78 Å². The lowest BCUT2D eigenvalue weighted by Gasteiger charge is -2.35. The fourth-order valence-electron chi connectivity index (χ4n) is 2.92. The van der Waals surface area contributed by atoms with Crippen molar-refractivity contribution in [1.29, 1.82) is 0 Å². The summed E-state index contributed by atoms with van der Waals surface area (Å²) in [5, 5.41) is 10.7. The Morgan fingerprint density at radius 1 is 1.12 bits per heavy atom. The van der Waals surface area contributed by atoms with Gasteiger partial charge in [0.2, 0.25) is 11.8 Å². The topological polar surface area (TPSA) is 125 Å². The van der Waals surface area contributed by atoms with E-state index in [1.54, 1.807) is 0 Å². The van der Waals surface area contributed by atoms with Crippen LogP contribution >= 0.6 is 11.8 Å². The summed E-state index contributed by atoms with van der Waals surface area (Å²) in [5.41, 5.74) is 7.27. The standard InChI is InChI=1S/C21H23F2N5O3S/c1-11-2-4-12(5-3-11)9-25-16(29)10-32-21-27-18(24)17(20(31)28-21)26-19(30)13-6-7-14(22)15(23)8-13/h2-8,17-18,21,27H,9-10,24H2,1H3,(H,25,29)(H,26,30)(H,28,31). The first-order valence-electron chi connectivity index (χ1n) is 9.74. The van der Waals surface area contributed by atoms with Gasteiger partial charge in [0.15, 0.2) is 11.6 Å². The van der Waals surface area contributed by atoms with Gasteiger partial charge >= 0.3 is 0 Å². The number of nitrogens with two attached hydrogens (primary N) is 1. The van der Waals surface area contributed by atoms with E-state index in [2.05, 4.69) is 21.3 Å². The normalized spacial score (nSPS) is 20.4. The number of nitrogens with one attached hydrogen (secondary N) is 4. The molecule has 0 saturated carbocycles. The number of rotatable bonds is 7. The number of thioether (sulfide) groups is 1. The van der Waals surface area contributed by atoms with Crippen LogP contribution in [0.15, 0.2) is 42.5 Å². The number of carbonyl (C=O) groups excluding carboxylic acids is 3. The van der Waals surface area contributed by atoms with Gasteiger partial charge in [-0.05, 0) is 30.7 Å². The van der Waals surface area contributed by atoms with Gasteiger partial charge in [0.1, 0.15) is 11.5 Å². The molecule has 0 bridgehead atoms. The number of aryl methyl sites for hydroxylation is 1. The van der Waals surface area contributed by atoms with Crippen molar-refractivity contribution in [1.82, 2.24) is 21.3 Å². The van der Waals surface area contributed by atoms with E-state index in [0.29, 0.717) is 6.54 Å². The molecule has 2 aromatic carbocycles. The number of amides is 3. The third-order valence-electron chi connectivity index (χ3n) is 4.72. The highest BCUT2D eigenvalue weighted by Gasteiger charge is 2.35. The van der Waals surface area contributed by atoms with Crippen LogP contribution in [0.5, 0.6) is 0 Å². The molecular formula is C21H23F2N5O3S. The quantitative estimate of drug-likeness (QED) is 0.412. The molecule has 0 aliphatic carbocycles. The Balaban J connectivity index is 1.46. The number of carbonyl (C=O) groups is 3. The monoisotopic (exact) mass is 463 g/mol. The van der Waals surface area contributed by atoms with Crippen molar-refractivity contribution in [2.75, 3.05) is 5.75 Å². The van der Waals surface area contributed by atoms with Crippen LogP contribution < -0.4 is 27.0 Å². The van der Waals surface area contributed by atoms with E-state index in [9.17, 15) is 23.2 Å². The molecule has 3 atom stereocenters. The lowest BCUT2D eigenvalue weighted by molar-refractivity contribution is -0.126. The van der Waals surface area contributed by atoms with Crippen molar-refractivity contribution in [2.45, 2.75) is 31.2 Å². The fraction of sp³-hybridized carbons (Fsp3) is 0.286. The first kappa shape index (κ1) is 23.6. The van der Waals surface area contributed by atoms with Crippen LogP contribution in [-0.4, -0.2) is 41.2 Å². The number of benzene rings is 2. The molecule has 170 valence electrons. The molecule has 3 rings (SSSR count). The third kappa shape index (κ3) is 6.25. The average molecular weight is 464 g/mol. The second kappa shape index (κ2) is 10.5. The van der Waals surface area contributed by atoms with Crippen molar-refractivity contribution in [3.05, 3.63) is 70.8 Å². The molecule has 11 heteroatoms. The van der Waals surface area contributed by atoms with Crippen LogP contribution in [0.3, 0.4) is 0 Å². The molecule has 8 nitrogen and oxygen atoms in total. The van der Waals surface area contributed by atoms with Gasteiger partial charge < -0.3 is 21.7 Å². The van der Waals surface area contributed by atoms with E-state index < -0.39 is 41.2 Å². The Labute approximate surface area is 187 Å². The fourth-order valence-corrected chi connectivity index (χ4v) is 3.79. The molecule has 3 amide bonds. The van der Waals surface area contributed by atoms with Gasteiger partial charge in [0, 0.05) is 12.1 Å². The number of hydrogen-bond donors (Lipinski definition) is 5. The van der Waals surface area contributed by atoms with Gasteiger partial charge in [-0.2, -0.15) is 0 Å². The Hall–Kier alpha value is -3.02. The van der Waals surface area contributed by atoms with Crippen molar-refractivity contribution in [3.63, 3.8) is 0 Å². The van der Waals surface area contributed by atoms with Gasteiger partial charge in [-0.15, -0.1) is 11.8 Å². The van der Waals surface area contributed by atoms with Crippen LogP contribution in [-0.2, 0) is 16.1 Å². The van der Waals surface area contributed by atoms with Crippen LogP contribution in [0, 0.1) is 18.6 Å².